The topological polar surface area (TPSA) is 95.5 Å². The van der Waals surface area contributed by atoms with Crippen LogP contribution in [-0.2, 0) is 21.0 Å². The Morgan fingerprint density at radius 3 is 2.03 bits per heavy atom. The second-order valence-corrected chi connectivity index (χ2v) is 11.4. The second kappa shape index (κ2) is 9.83. The lowest BCUT2D eigenvalue weighted by molar-refractivity contribution is -0.137. The van der Waals surface area contributed by atoms with Gasteiger partial charge in [0.1, 0.15) is 5.75 Å². The molecule has 0 spiro atoms. The van der Waals surface area contributed by atoms with Crippen molar-refractivity contribution in [3.8, 4) is 5.75 Å². The number of alkyl halides is 3. The summed E-state index contributed by atoms with van der Waals surface area (Å²) >= 11 is 0. The third-order valence-electron chi connectivity index (χ3n) is 6.30. The molecule has 0 fully saturated rings. The minimum absolute atomic E-state index is 0.0311. The molecule has 1 amide bonds. The number of aromatic hydroxyl groups is 1. The van der Waals surface area contributed by atoms with Gasteiger partial charge in [0.2, 0.25) is 0 Å². The maximum Gasteiger partial charge on any atom is 0.416 e. The lowest BCUT2D eigenvalue weighted by Crippen LogP contribution is -2.13. The quantitative estimate of drug-likeness (QED) is 0.293. The van der Waals surface area contributed by atoms with Gasteiger partial charge in [-0.2, -0.15) is 13.2 Å². The van der Waals surface area contributed by atoms with Crippen molar-refractivity contribution < 1.29 is 31.5 Å². The smallest absolute Gasteiger partial charge is 0.416 e. The third kappa shape index (κ3) is 5.40. The highest BCUT2D eigenvalue weighted by Gasteiger charge is 2.30. The molecule has 3 aromatic carbocycles. The molecule has 0 saturated carbocycles. The van der Waals surface area contributed by atoms with Crippen molar-refractivity contribution >= 4 is 39.0 Å². The Kier molecular flexibility index (Phi) is 7.05. The number of anilines is 2. The molecular weight excluding hydrogens is 517 g/mol. The standard InChI is InChI=1S/C28H27F3N2O4S/c1-15(2)21-11-17(12-22(16(3)4)26(21)34)13-24-23-14-20(9-10-25(23)32-27(24)35)38(36,37)33-19-7-5-18(6-8-19)28(29,30)31/h5-16,33-34H,1-4H3,(H,32,35). The number of carbonyl (C=O) groups excluding carboxylic acids is 1. The fourth-order valence-corrected chi connectivity index (χ4v) is 5.34. The predicted octanol–water partition coefficient (Wildman–Crippen LogP) is 6.95. The molecule has 1 aliphatic heterocycles. The largest absolute Gasteiger partial charge is 0.507 e. The molecule has 3 aromatic rings. The molecule has 6 nitrogen and oxygen atoms in total. The number of phenolic OH excluding ortho intramolecular Hbond substituents is 1. The van der Waals surface area contributed by atoms with Crippen LogP contribution in [0, 0.1) is 0 Å². The van der Waals surface area contributed by atoms with Gasteiger partial charge in [0.05, 0.1) is 10.5 Å². The number of sulfonamides is 1. The highest BCUT2D eigenvalue weighted by molar-refractivity contribution is 7.92. The number of carbonyl (C=O) groups is 1. The minimum atomic E-state index is -4.54. The maximum atomic E-state index is 13.0. The average Bonchev–Trinajstić information content (AvgIpc) is 3.13. The highest BCUT2D eigenvalue weighted by Crippen LogP contribution is 2.39. The van der Waals surface area contributed by atoms with Crippen LogP contribution in [0.15, 0.2) is 59.5 Å². The first kappa shape index (κ1) is 27.3. The van der Waals surface area contributed by atoms with Crippen LogP contribution in [-0.4, -0.2) is 19.4 Å². The van der Waals surface area contributed by atoms with Gasteiger partial charge in [0.25, 0.3) is 15.9 Å². The Morgan fingerprint density at radius 2 is 1.50 bits per heavy atom. The van der Waals surface area contributed by atoms with E-state index in [4.69, 9.17) is 0 Å². The first-order chi connectivity index (χ1) is 17.7. The van der Waals surface area contributed by atoms with Gasteiger partial charge < -0.3 is 10.4 Å². The van der Waals surface area contributed by atoms with E-state index < -0.39 is 27.7 Å². The molecule has 200 valence electrons. The van der Waals surface area contributed by atoms with E-state index >= 15 is 0 Å². The Morgan fingerprint density at radius 1 is 0.921 bits per heavy atom. The Labute approximate surface area is 219 Å². The first-order valence-corrected chi connectivity index (χ1v) is 13.4. The molecule has 0 aliphatic carbocycles. The van der Waals surface area contributed by atoms with Gasteiger partial charge in [-0.1, -0.05) is 27.7 Å². The van der Waals surface area contributed by atoms with Crippen LogP contribution in [0.4, 0.5) is 24.5 Å². The number of halogens is 3. The van der Waals surface area contributed by atoms with Crippen molar-refractivity contribution in [2.24, 2.45) is 0 Å². The summed E-state index contributed by atoms with van der Waals surface area (Å²) in [5, 5.41) is 13.4. The number of nitrogens with one attached hydrogen (secondary N) is 2. The molecule has 1 heterocycles. The van der Waals surface area contributed by atoms with Crippen molar-refractivity contribution in [1.29, 1.82) is 0 Å². The summed E-state index contributed by atoms with van der Waals surface area (Å²) in [6.07, 6.45) is -2.89. The number of amides is 1. The van der Waals surface area contributed by atoms with Crippen LogP contribution in [0.3, 0.4) is 0 Å². The number of phenols is 1. The summed E-state index contributed by atoms with van der Waals surface area (Å²) in [6, 6.07) is 11.4. The van der Waals surface area contributed by atoms with Crippen LogP contribution >= 0.6 is 0 Å². The number of rotatable bonds is 6. The number of hydrogen-bond donors (Lipinski definition) is 3. The van der Waals surface area contributed by atoms with Crippen molar-refractivity contribution in [2.45, 2.75) is 50.6 Å². The van der Waals surface area contributed by atoms with Gasteiger partial charge in [-0.3, -0.25) is 9.52 Å². The Bertz CT molecular complexity index is 1510. The molecular formula is C28H27F3N2O4S. The van der Waals surface area contributed by atoms with Gasteiger partial charge in [-0.05, 0) is 89.2 Å². The maximum absolute atomic E-state index is 13.0. The summed E-state index contributed by atoms with van der Waals surface area (Å²) in [5.41, 5.74) is 2.28. The Balaban J connectivity index is 1.72. The third-order valence-corrected chi connectivity index (χ3v) is 7.67. The normalized spacial score (nSPS) is 14.8. The van der Waals surface area contributed by atoms with E-state index in [0.29, 0.717) is 16.8 Å². The molecule has 0 saturated heterocycles. The van der Waals surface area contributed by atoms with Gasteiger partial charge in [0, 0.05) is 22.5 Å². The number of fused-ring (bicyclic) bond motifs is 1. The van der Waals surface area contributed by atoms with E-state index in [1.54, 1.807) is 18.2 Å². The summed E-state index contributed by atoms with van der Waals surface area (Å²) in [7, 11) is -4.17. The first-order valence-electron chi connectivity index (χ1n) is 11.9. The van der Waals surface area contributed by atoms with E-state index in [9.17, 15) is 31.5 Å². The van der Waals surface area contributed by atoms with Crippen LogP contribution in [0.25, 0.3) is 11.6 Å². The second-order valence-electron chi connectivity index (χ2n) is 9.76. The lowest BCUT2D eigenvalue weighted by Gasteiger charge is -2.16. The molecule has 10 heteroatoms. The zero-order chi connectivity index (χ0) is 28.0. The van der Waals surface area contributed by atoms with E-state index in [-0.39, 0.29) is 33.7 Å². The molecule has 38 heavy (non-hydrogen) atoms. The van der Waals surface area contributed by atoms with Crippen molar-refractivity contribution in [2.75, 3.05) is 10.0 Å². The van der Waals surface area contributed by atoms with E-state index in [1.807, 2.05) is 27.7 Å². The van der Waals surface area contributed by atoms with Crippen LogP contribution in [0.5, 0.6) is 5.75 Å². The SMILES string of the molecule is CC(C)c1cc(C=C2C(=O)Nc3ccc(S(=O)(=O)Nc4ccc(C(F)(F)F)cc4)cc32)cc(C(C)C)c1O. The zero-order valence-electron chi connectivity index (χ0n) is 21.1. The Hall–Kier alpha value is -3.79. The van der Waals surface area contributed by atoms with Crippen molar-refractivity contribution in [3.63, 3.8) is 0 Å². The summed E-state index contributed by atoms with van der Waals surface area (Å²) < 4.78 is 66.8. The summed E-state index contributed by atoms with van der Waals surface area (Å²) in [5.74, 6) is -0.126. The monoisotopic (exact) mass is 544 g/mol. The highest BCUT2D eigenvalue weighted by atomic mass is 32.2. The van der Waals surface area contributed by atoms with E-state index in [0.717, 1.165) is 35.4 Å². The van der Waals surface area contributed by atoms with Gasteiger partial charge in [0.15, 0.2) is 0 Å². The molecule has 0 radical (unpaired) electrons. The number of benzene rings is 3. The average molecular weight is 545 g/mol. The molecule has 3 N–H and O–H groups in total. The van der Waals surface area contributed by atoms with Gasteiger partial charge in [-0.15, -0.1) is 0 Å². The molecule has 0 atom stereocenters. The molecule has 0 bridgehead atoms. The van der Waals surface area contributed by atoms with Crippen molar-refractivity contribution in [3.05, 3.63) is 82.4 Å². The zero-order valence-corrected chi connectivity index (χ0v) is 22.0. The molecule has 0 unspecified atom stereocenters. The molecule has 0 aromatic heterocycles. The summed E-state index contributed by atoms with van der Waals surface area (Å²) in [6.45, 7) is 7.81. The van der Waals surface area contributed by atoms with Crippen LogP contribution in [0.2, 0.25) is 0 Å². The van der Waals surface area contributed by atoms with Crippen molar-refractivity contribution in [1.82, 2.24) is 0 Å². The van der Waals surface area contributed by atoms with E-state index in [1.165, 1.54) is 18.2 Å². The van der Waals surface area contributed by atoms with E-state index in [2.05, 4.69) is 10.0 Å². The predicted molar refractivity (Wildman–Crippen MR) is 141 cm³/mol. The van der Waals surface area contributed by atoms with Crippen LogP contribution < -0.4 is 10.0 Å². The molecule has 4 rings (SSSR count). The summed E-state index contributed by atoms with van der Waals surface area (Å²) in [4.78, 5) is 12.7. The fourth-order valence-electron chi connectivity index (χ4n) is 4.25. The molecule has 1 aliphatic rings. The number of hydrogen-bond acceptors (Lipinski definition) is 4. The lowest BCUT2D eigenvalue weighted by atomic mass is 9.90. The van der Waals surface area contributed by atoms with Gasteiger partial charge in [-0.25, -0.2) is 8.42 Å². The minimum Gasteiger partial charge on any atom is -0.507 e. The van der Waals surface area contributed by atoms with Gasteiger partial charge >= 0.3 is 6.18 Å². The fraction of sp³-hybridized carbons (Fsp3) is 0.250. The van der Waals surface area contributed by atoms with Crippen LogP contribution in [0.1, 0.15) is 67.3 Å².